The second-order valence-corrected chi connectivity index (χ2v) is 11.5. The molecule has 2 rings (SSSR count). The maximum atomic E-state index is 5.97. The minimum absolute atomic E-state index is 0. The zero-order valence-corrected chi connectivity index (χ0v) is 24.2. The van der Waals surface area contributed by atoms with Crippen molar-refractivity contribution in [3.8, 4) is 0 Å². The molecule has 5 heteroatoms. The minimum atomic E-state index is 0. The lowest BCUT2D eigenvalue weighted by Gasteiger charge is -2.26. The largest absolute Gasteiger partial charge is 0.329 e. The van der Waals surface area contributed by atoms with Gasteiger partial charge in [0.1, 0.15) is 0 Å². The zero-order valence-electron chi connectivity index (χ0n) is 23.4. The maximum absolute atomic E-state index is 5.97. The lowest BCUT2D eigenvalue weighted by Crippen LogP contribution is -2.43. The van der Waals surface area contributed by atoms with E-state index in [1.54, 1.807) is 0 Å². The zero-order chi connectivity index (χ0) is 23.9. The molecule has 2 fully saturated rings. The summed E-state index contributed by atoms with van der Waals surface area (Å²) < 4.78 is 0. The molecule has 35 heavy (non-hydrogen) atoms. The first-order valence-electron chi connectivity index (χ1n) is 15.8. The van der Waals surface area contributed by atoms with Gasteiger partial charge in [-0.2, -0.15) is 0 Å². The van der Waals surface area contributed by atoms with E-state index in [0.29, 0.717) is 0 Å². The van der Waals surface area contributed by atoms with Gasteiger partial charge >= 0.3 is 0 Å². The molecule has 4 N–H and O–H groups in total. The smallest absolute Gasteiger partial charge is 0.0108 e. The Balaban J connectivity index is 0.00000612. The summed E-state index contributed by atoms with van der Waals surface area (Å²) >= 11 is 0. The van der Waals surface area contributed by atoms with Crippen molar-refractivity contribution in [1.29, 1.82) is 0 Å². The van der Waals surface area contributed by atoms with Crippen molar-refractivity contribution in [2.75, 3.05) is 39.3 Å². The van der Waals surface area contributed by atoms with Crippen LogP contribution >= 0.6 is 12.4 Å². The number of hydrogen-bond donors (Lipinski definition) is 3. The van der Waals surface area contributed by atoms with Gasteiger partial charge in [0.25, 0.3) is 0 Å². The van der Waals surface area contributed by atoms with E-state index in [2.05, 4.69) is 15.5 Å². The monoisotopic (exact) mass is 514 g/mol. The van der Waals surface area contributed by atoms with Crippen molar-refractivity contribution in [2.24, 2.45) is 5.73 Å². The highest BCUT2D eigenvalue weighted by atomic mass is 35.5. The lowest BCUT2D eigenvalue weighted by molar-refractivity contribution is 0.262. The first kappa shape index (κ1) is 33.2. The van der Waals surface area contributed by atoms with Gasteiger partial charge in [0.2, 0.25) is 0 Å². The van der Waals surface area contributed by atoms with Gasteiger partial charge in [-0.25, -0.2) is 0 Å². The number of nitrogens with zero attached hydrogens (tertiary/aromatic N) is 1. The molecule has 0 amide bonds. The van der Waals surface area contributed by atoms with Crippen molar-refractivity contribution in [3.63, 3.8) is 0 Å². The molecular formula is C30H63ClN4. The van der Waals surface area contributed by atoms with Gasteiger partial charge in [-0.15, -0.1) is 12.4 Å². The van der Waals surface area contributed by atoms with Crippen molar-refractivity contribution in [1.82, 2.24) is 15.5 Å². The van der Waals surface area contributed by atoms with Gasteiger partial charge in [0.05, 0.1) is 0 Å². The van der Waals surface area contributed by atoms with Gasteiger partial charge in [0, 0.05) is 51.4 Å². The average Bonchev–Trinajstić information content (AvgIpc) is 2.82. The maximum Gasteiger partial charge on any atom is 0.0108 e. The van der Waals surface area contributed by atoms with Crippen molar-refractivity contribution in [2.45, 2.75) is 153 Å². The first-order chi connectivity index (χ1) is 16.9. The van der Waals surface area contributed by atoms with Crippen LogP contribution in [0.4, 0.5) is 0 Å². The number of hydrogen-bond acceptors (Lipinski definition) is 4. The van der Waals surface area contributed by atoms with E-state index in [-0.39, 0.29) is 12.4 Å². The molecule has 0 radical (unpaired) electrons. The summed E-state index contributed by atoms with van der Waals surface area (Å²) in [5.41, 5.74) is 5.97. The van der Waals surface area contributed by atoms with Crippen LogP contribution in [0, 0.1) is 0 Å². The highest BCUT2D eigenvalue weighted by Crippen LogP contribution is 2.18. The van der Waals surface area contributed by atoms with Crippen LogP contribution in [0.15, 0.2) is 0 Å². The van der Waals surface area contributed by atoms with Crippen LogP contribution in [0.5, 0.6) is 0 Å². The Morgan fingerprint density at radius 3 is 1.03 bits per heavy atom. The SMILES string of the molecule is Cl.NCCN(CCNC1CCCCCCCCCCC1)CCNC1CCCCCCCCCCC1. The molecule has 2 aliphatic carbocycles. The number of nitrogens with two attached hydrogens (primary N) is 1. The molecule has 0 aromatic rings. The number of halogens is 1. The minimum Gasteiger partial charge on any atom is -0.329 e. The van der Waals surface area contributed by atoms with Crippen LogP contribution in [0.1, 0.15) is 141 Å². The fourth-order valence-corrected chi connectivity index (χ4v) is 6.11. The highest BCUT2D eigenvalue weighted by Gasteiger charge is 2.12. The summed E-state index contributed by atoms with van der Waals surface area (Å²) in [5.74, 6) is 0. The molecule has 4 nitrogen and oxygen atoms in total. The van der Waals surface area contributed by atoms with Gasteiger partial charge in [-0.1, -0.05) is 116 Å². The van der Waals surface area contributed by atoms with Crippen molar-refractivity contribution in [3.05, 3.63) is 0 Å². The quantitative estimate of drug-likeness (QED) is 0.288. The molecule has 0 spiro atoms. The Hall–Kier alpha value is 0.130. The predicted molar refractivity (Wildman–Crippen MR) is 158 cm³/mol. The highest BCUT2D eigenvalue weighted by molar-refractivity contribution is 5.85. The van der Waals surface area contributed by atoms with Crippen LogP contribution < -0.4 is 16.4 Å². The Labute approximate surface area is 226 Å². The van der Waals surface area contributed by atoms with Gasteiger partial charge < -0.3 is 16.4 Å². The van der Waals surface area contributed by atoms with E-state index in [0.717, 1.165) is 51.4 Å². The van der Waals surface area contributed by atoms with Gasteiger partial charge in [-0.3, -0.25) is 4.90 Å². The Morgan fingerprint density at radius 1 is 0.457 bits per heavy atom. The summed E-state index contributed by atoms with van der Waals surface area (Å²) in [7, 11) is 0. The third kappa shape index (κ3) is 18.9. The molecule has 0 atom stereocenters. The molecule has 0 aromatic heterocycles. The molecule has 0 bridgehead atoms. The van der Waals surface area contributed by atoms with E-state index in [1.165, 1.54) is 141 Å². The molecule has 0 aromatic carbocycles. The summed E-state index contributed by atoms with van der Waals surface area (Å²) in [6.07, 6.45) is 31.5. The molecule has 0 saturated heterocycles. The first-order valence-corrected chi connectivity index (χ1v) is 15.8. The molecule has 2 aliphatic rings. The molecule has 0 unspecified atom stereocenters. The molecule has 0 heterocycles. The van der Waals surface area contributed by atoms with Crippen LogP contribution in [0.25, 0.3) is 0 Å². The second kappa shape index (κ2) is 24.5. The number of nitrogens with one attached hydrogen (secondary N) is 2. The van der Waals surface area contributed by atoms with Crippen LogP contribution in [-0.2, 0) is 0 Å². The second-order valence-electron chi connectivity index (χ2n) is 11.5. The Bertz CT molecular complexity index is 377. The average molecular weight is 515 g/mol. The van der Waals surface area contributed by atoms with E-state index >= 15 is 0 Å². The molecular weight excluding hydrogens is 452 g/mol. The van der Waals surface area contributed by atoms with E-state index < -0.39 is 0 Å². The van der Waals surface area contributed by atoms with Gasteiger partial charge in [-0.05, 0) is 25.7 Å². The Morgan fingerprint density at radius 2 is 0.743 bits per heavy atom. The normalized spacial score (nSPS) is 21.8. The van der Waals surface area contributed by atoms with Crippen molar-refractivity contribution < 1.29 is 0 Å². The molecule has 0 aliphatic heterocycles. The van der Waals surface area contributed by atoms with Gasteiger partial charge in [0.15, 0.2) is 0 Å². The summed E-state index contributed by atoms with van der Waals surface area (Å²) in [4.78, 5) is 2.59. The molecule has 210 valence electrons. The van der Waals surface area contributed by atoms with E-state index in [1.807, 2.05) is 0 Å². The van der Waals surface area contributed by atoms with Crippen LogP contribution in [0.3, 0.4) is 0 Å². The Kier molecular flexibility index (Phi) is 23.2. The standard InChI is InChI=1S/C30H62N4.ClH/c31-23-26-34(27-24-32-29-19-15-11-7-3-1-4-8-12-16-20-29)28-25-33-30-21-17-13-9-5-2-6-10-14-18-22-30;/h29-30,32-33H,1-28,31H2;1H. The van der Waals surface area contributed by atoms with Crippen LogP contribution in [-0.4, -0.2) is 56.3 Å². The topological polar surface area (TPSA) is 53.3 Å². The van der Waals surface area contributed by atoms with Crippen molar-refractivity contribution >= 4 is 12.4 Å². The fraction of sp³-hybridized carbons (Fsp3) is 1.00. The van der Waals surface area contributed by atoms with E-state index in [9.17, 15) is 0 Å². The summed E-state index contributed by atoms with van der Waals surface area (Å²) in [6, 6.07) is 1.46. The summed E-state index contributed by atoms with van der Waals surface area (Å²) in [6.45, 7) is 6.31. The third-order valence-electron chi connectivity index (χ3n) is 8.38. The molecule has 2 saturated carbocycles. The lowest BCUT2D eigenvalue weighted by atomic mass is 9.98. The third-order valence-corrected chi connectivity index (χ3v) is 8.38. The summed E-state index contributed by atoms with van der Waals surface area (Å²) in [5, 5.41) is 7.88. The van der Waals surface area contributed by atoms with Crippen LogP contribution in [0.2, 0.25) is 0 Å². The van der Waals surface area contributed by atoms with E-state index in [4.69, 9.17) is 5.73 Å². The number of rotatable bonds is 10. The predicted octanol–water partition coefficient (Wildman–Crippen LogP) is 7.19. The fourth-order valence-electron chi connectivity index (χ4n) is 6.11.